The van der Waals surface area contributed by atoms with Gasteiger partial charge in [-0.2, -0.15) is 5.10 Å². The van der Waals surface area contributed by atoms with E-state index in [1.54, 1.807) is 14.2 Å². The summed E-state index contributed by atoms with van der Waals surface area (Å²) < 4.78 is 13.0. The highest BCUT2D eigenvalue weighted by Gasteiger charge is 2.27. The lowest BCUT2D eigenvalue weighted by molar-refractivity contribution is 0.383. The van der Waals surface area contributed by atoms with Crippen molar-refractivity contribution < 1.29 is 9.47 Å². The average Bonchev–Trinajstić information content (AvgIpc) is 2.82. The predicted molar refractivity (Wildman–Crippen MR) is 82.5 cm³/mol. The number of ether oxygens (including phenoxy) is 2. The molecule has 0 saturated heterocycles. The molecule has 112 valence electrons. The fourth-order valence-corrected chi connectivity index (χ4v) is 2.91. The van der Waals surface area contributed by atoms with Crippen molar-refractivity contribution in [1.29, 1.82) is 0 Å². The van der Waals surface area contributed by atoms with Crippen molar-refractivity contribution in [3.8, 4) is 11.5 Å². The summed E-state index contributed by atoms with van der Waals surface area (Å²) in [4.78, 5) is 0. The summed E-state index contributed by atoms with van der Waals surface area (Å²) in [5, 5.41) is 8.14. The molecular weight excluding hydrogens is 266 g/mol. The Morgan fingerprint density at radius 3 is 2.76 bits per heavy atom. The van der Waals surface area contributed by atoms with Gasteiger partial charge >= 0.3 is 0 Å². The van der Waals surface area contributed by atoms with E-state index in [4.69, 9.17) is 14.6 Å². The monoisotopic (exact) mass is 287 g/mol. The molecule has 0 bridgehead atoms. The first kappa shape index (κ1) is 13.8. The number of methoxy groups -OCH3 is 2. The van der Waals surface area contributed by atoms with Crippen LogP contribution in [-0.2, 0) is 0 Å². The third kappa shape index (κ3) is 2.22. The predicted octanol–water partition coefficient (Wildman–Crippen LogP) is 2.92. The van der Waals surface area contributed by atoms with Crippen molar-refractivity contribution >= 4 is 5.82 Å². The van der Waals surface area contributed by atoms with Crippen LogP contribution in [0.1, 0.15) is 29.3 Å². The quantitative estimate of drug-likeness (QED) is 0.943. The number of anilines is 1. The summed E-state index contributed by atoms with van der Waals surface area (Å²) in [6.45, 7) is 5.07. The Balaban J connectivity index is 2.12. The molecule has 1 N–H and O–H groups in total. The minimum atomic E-state index is 0.165. The van der Waals surface area contributed by atoms with E-state index in [0.29, 0.717) is 0 Å². The molecule has 2 heterocycles. The van der Waals surface area contributed by atoms with E-state index in [1.807, 2.05) is 25.1 Å². The lowest BCUT2D eigenvalue weighted by Crippen LogP contribution is -2.25. The zero-order chi connectivity index (χ0) is 15.0. The third-order valence-corrected chi connectivity index (χ3v) is 4.19. The number of nitrogens with one attached hydrogen (secondary N) is 1. The van der Waals surface area contributed by atoms with Crippen LogP contribution in [0.25, 0.3) is 0 Å². The highest BCUT2D eigenvalue weighted by molar-refractivity contribution is 5.51. The van der Waals surface area contributed by atoms with Crippen molar-refractivity contribution in [3.05, 3.63) is 35.0 Å². The smallest absolute Gasteiger partial charge is 0.128 e. The van der Waals surface area contributed by atoms with Crippen molar-refractivity contribution in [2.45, 2.75) is 26.3 Å². The molecule has 0 spiro atoms. The molecule has 5 nitrogen and oxygen atoms in total. The van der Waals surface area contributed by atoms with Gasteiger partial charge in [0.15, 0.2) is 0 Å². The number of benzene rings is 1. The highest BCUT2D eigenvalue weighted by atomic mass is 16.5. The maximum atomic E-state index is 5.53. The number of fused-ring (bicyclic) bond motifs is 1. The van der Waals surface area contributed by atoms with Gasteiger partial charge in [0.05, 0.1) is 26.0 Å². The summed E-state index contributed by atoms with van der Waals surface area (Å²) in [5.74, 6) is 2.82. The Hall–Kier alpha value is -2.17. The summed E-state index contributed by atoms with van der Waals surface area (Å²) in [5.41, 5.74) is 3.38. The molecule has 5 heteroatoms. The van der Waals surface area contributed by atoms with Crippen molar-refractivity contribution in [1.82, 2.24) is 9.78 Å². The van der Waals surface area contributed by atoms with Crippen molar-refractivity contribution in [3.63, 3.8) is 0 Å². The average molecular weight is 287 g/mol. The minimum absolute atomic E-state index is 0.165. The first-order valence-electron chi connectivity index (χ1n) is 7.17. The molecule has 1 aliphatic rings. The molecule has 1 aliphatic heterocycles. The van der Waals surface area contributed by atoms with Gasteiger partial charge in [0.25, 0.3) is 0 Å². The van der Waals surface area contributed by atoms with E-state index in [0.717, 1.165) is 41.5 Å². The molecular formula is C16H21N3O2. The second-order valence-corrected chi connectivity index (χ2v) is 5.34. The molecule has 0 amide bonds. The number of aryl methyl sites for hydroxylation is 1. The maximum absolute atomic E-state index is 5.53. The van der Waals surface area contributed by atoms with Crippen LogP contribution in [0.15, 0.2) is 18.2 Å². The van der Waals surface area contributed by atoms with Crippen LogP contribution in [-0.4, -0.2) is 30.5 Å². The lowest BCUT2D eigenvalue weighted by Gasteiger charge is -2.27. The molecule has 3 rings (SSSR count). The van der Waals surface area contributed by atoms with Crippen LogP contribution in [0, 0.1) is 13.8 Å². The Morgan fingerprint density at radius 2 is 2.05 bits per heavy atom. The van der Waals surface area contributed by atoms with Crippen molar-refractivity contribution in [2.75, 3.05) is 26.1 Å². The van der Waals surface area contributed by atoms with Gasteiger partial charge in [0.1, 0.15) is 17.3 Å². The minimum Gasteiger partial charge on any atom is -0.497 e. The van der Waals surface area contributed by atoms with E-state index in [1.165, 1.54) is 5.56 Å². The Kier molecular flexibility index (Phi) is 3.49. The van der Waals surface area contributed by atoms with Gasteiger partial charge in [-0.25, -0.2) is 4.68 Å². The zero-order valence-electron chi connectivity index (χ0n) is 12.9. The van der Waals surface area contributed by atoms with Crippen molar-refractivity contribution in [2.24, 2.45) is 0 Å². The normalized spacial score (nSPS) is 17.0. The number of rotatable bonds is 3. The SMILES string of the molecule is COc1ccc(OC)c(C2CCNc3c(C)c(C)nn32)c1. The van der Waals surface area contributed by atoms with Crippen LogP contribution in [0.3, 0.4) is 0 Å². The van der Waals surface area contributed by atoms with E-state index >= 15 is 0 Å². The highest BCUT2D eigenvalue weighted by Crippen LogP contribution is 2.38. The Labute approximate surface area is 124 Å². The molecule has 1 unspecified atom stereocenters. The zero-order valence-corrected chi connectivity index (χ0v) is 12.9. The second kappa shape index (κ2) is 5.31. The number of hydrogen-bond acceptors (Lipinski definition) is 4. The van der Waals surface area contributed by atoms with E-state index in [-0.39, 0.29) is 6.04 Å². The van der Waals surface area contributed by atoms with Gasteiger partial charge in [0.2, 0.25) is 0 Å². The summed E-state index contributed by atoms with van der Waals surface area (Å²) in [7, 11) is 3.38. The Morgan fingerprint density at radius 1 is 1.24 bits per heavy atom. The summed E-state index contributed by atoms with van der Waals surface area (Å²) >= 11 is 0. The van der Waals surface area contributed by atoms with Gasteiger partial charge in [-0.3, -0.25) is 0 Å². The molecule has 0 aliphatic carbocycles. The number of nitrogens with zero attached hydrogens (tertiary/aromatic N) is 2. The molecule has 2 aromatic rings. The van der Waals surface area contributed by atoms with Crippen LogP contribution in [0.2, 0.25) is 0 Å². The van der Waals surface area contributed by atoms with Crippen LogP contribution in [0.4, 0.5) is 5.82 Å². The third-order valence-electron chi connectivity index (χ3n) is 4.19. The molecule has 1 aromatic heterocycles. The summed E-state index contributed by atoms with van der Waals surface area (Å²) in [6, 6.07) is 6.09. The molecule has 1 aromatic carbocycles. The van der Waals surface area contributed by atoms with Crippen LogP contribution >= 0.6 is 0 Å². The molecule has 0 radical (unpaired) electrons. The van der Waals surface area contributed by atoms with Gasteiger partial charge in [0, 0.05) is 17.7 Å². The molecule has 1 atom stereocenters. The fourth-order valence-electron chi connectivity index (χ4n) is 2.91. The lowest BCUT2D eigenvalue weighted by atomic mass is 10.0. The molecule has 21 heavy (non-hydrogen) atoms. The second-order valence-electron chi connectivity index (χ2n) is 5.34. The topological polar surface area (TPSA) is 48.3 Å². The van der Waals surface area contributed by atoms with Gasteiger partial charge < -0.3 is 14.8 Å². The van der Waals surface area contributed by atoms with Gasteiger partial charge in [-0.05, 0) is 38.5 Å². The van der Waals surface area contributed by atoms with Gasteiger partial charge in [-0.15, -0.1) is 0 Å². The van der Waals surface area contributed by atoms with E-state index < -0.39 is 0 Å². The standard InChI is InChI=1S/C16H21N3O2/c1-10-11(2)18-19-14(7-8-17-16(10)19)13-9-12(20-3)5-6-15(13)21-4/h5-6,9,14,17H,7-8H2,1-4H3. The molecule has 0 saturated carbocycles. The van der Waals surface area contributed by atoms with Crippen LogP contribution < -0.4 is 14.8 Å². The largest absolute Gasteiger partial charge is 0.497 e. The van der Waals surface area contributed by atoms with E-state index in [9.17, 15) is 0 Å². The first-order valence-corrected chi connectivity index (χ1v) is 7.17. The number of hydrogen-bond donors (Lipinski definition) is 1. The van der Waals surface area contributed by atoms with E-state index in [2.05, 4.69) is 16.9 Å². The number of aromatic nitrogens is 2. The fraction of sp³-hybridized carbons (Fsp3) is 0.438. The van der Waals surface area contributed by atoms with Crippen LogP contribution in [0.5, 0.6) is 11.5 Å². The first-order chi connectivity index (χ1) is 10.2. The molecule has 0 fully saturated rings. The summed E-state index contributed by atoms with van der Waals surface area (Å²) in [6.07, 6.45) is 0.969. The Bertz CT molecular complexity index is 664. The maximum Gasteiger partial charge on any atom is 0.128 e. The van der Waals surface area contributed by atoms with Gasteiger partial charge in [-0.1, -0.05) is 0 Å².